The van der Waals surface area contributed by atoms with Crippen LogP contribution in [0, 0.1) is 11.7 Å². The van der Waals surface area contributed by atoms with Crippen LogP contribution in [0.3, 0.4) is 0 Å². The number of nitrogens with one attached hydrogen (secondary N) is 1. The average Bonchev–Trinajstić information content (AvgIpc) is 2.38. The zero-order chi connectivity index (χ0) is 15.8. The van der Waals surface area contributed by atoms with Gasteiger partial charge < -0.3 is 20.1 Å². The van der Waals surface area contributed by atoms with Gasteiger partial charge in [-0.25, -0.2) is 4.39 Å². The van der Waals surface area contributed by atoms with Crippen molar-refractivity contribution in [3.63, 3.8) is 0 Å². The standard InChI is InChI=1S/C16H27FN2O2/c1-12(2)8-18-9-13-5-6-16(15(17)7-13)19(3)10-14(20)11-21-4/h5-7,12,14,18,20H,8-11H2,1-4H3. The molecule has 0 spiro atoms. The van der Waals surface area contributed by atoms with E-state index >= 15 is 0 Å². The highest BCUT2D eigenvalue weighted by Gasteiger charge is 2.12. The Balaban J connectivity index is 2.60. The highest BCUT2D eigenvalue weighted by Crippen LogP contribution is 2.19. The summed E-state index contributed by atoms with van der Waals surface area (Å²) in [7, 11) is 3.29. The predicted octanol–water partition coefficient (Wildman–Crippen LogP) is 2.01. The van der Waals surface area contributed by atoms with Crippen LogP contribution < -0.4 is 10.2 Å². The van der Waals surface area contributed by atoms with Crippen LogP contribution in [0.4, 0.5) is 10.1 Å². The van der Waals surface area contributed by atoms with Crippen molar-refractivity contribution in [3.05, 3.63) is 29.6 Å². The maximum absolute atomic E-state index is 14.1. The van der Waals surface area contributed by atoms with Gasteiger partial charge in [0.25, 0.3) is 0 Å². The molecular weight excluding hydrogens is 271 g/mol. The highest BCUT2D eigenvalue weighted by atomic mass is 19.1. The van der Waals surface area contributed by atoms with Crippen molar-refractivity contribution in [1.82, 2.24) is 5.32 Å². The maximum atomic E-state index is 14.1. The summed E-state index contributed by atoms with van der Waals surface area (Å²) < 4.78 is 19.0. The number of anilines is 1. The smallest absolute Gasteiger partial charge is 0.146 e. The molecule has 2 N–H and O–H groups in total. The van der Waals surface area contributed by atoms with E-state index in [0.29, 0.717) is 24.7 Å². The average molecular weight is 298 g/mol. The van der Waals surface area contributed by atoms with Gasteiger partial charge in [0.05, 0.1) is 18.4 Å². The molecular formula is C16H27FN2O2. The number of nitrogens with zero attached hydrogens (tertiary/aromatic N) is 1. The van der Waals surface area contributed by atoms with Crippen molar-refractivity contribution >= 4 is 5.69 Å². The molecule has 1 atom stereocenters. The Morgan fingerprint density at radius 1 is 1.38 bits per heavy atom. The van der Waals surface area contributed by atoms with Crippen LogP contribution in [0.5, 0.6) is 0 Å². The van der Waals surface area contributed by atoms with E-state index in [2.05, 4.69) is 19.2 Å². The van der Waals surface area contributed by atoms with E-state index in [9.17, 15) is 9.50 Å². The monoisotopic (exact) mass is 298 g/mol. The lowest BCUT2D eigenvalue weighted by Crippen LogP contribution is -2.32. The molecule has 1 rings (SSSR count). The molecule has 0 aliphatic rings. The number of rotatable bonds is 9. The van der Waals surface area contributed by atoms with E-state index in [4.69, 9.17) is 4.74 Å². The summed E-state index contributed by atoms with van der Waals surface area (Å²) in [5, 5.41) is 13.0. The van der Waals surface area contributed by atoms with Crippen LogP contribution in [0.15, 0.2) is 18.2 Å². The first-order chi connectivity index (χ1) is 9.93. The van der Waals surface area contributed by atoms with Crippen LogP contribution in [0.25, 0.3) is 0 Å². The third kappa shape index (κ3) is 6.42. The molecule has 1 unspecified atom stereocenters. The van der Waals surface area contributed by atoms with E-state index in [-0.39, 0.29) is 12.4 Å². The van der Waals surface area contributed by atoms with Crippen LogP contribution in [-0.4, -0.2) is 45.1 Å². The van der Waals surface area contributed by atoms with E-state index in [1.54, 1.807) is 24.1 Å². The van der Waals surface area contributed by atoms with Gasteiger partial charge in [-0.05, 0) is 30.2 Å². The van der Waals surface area contributed by atoms with Crippen LogP contribution in [0.2, 0.25) is 0 Å². The fourth-order valence-corrected chi connectivity index (χ4v) is 2.13. The Morgan fingerprint density at radius 3 is 2.67 bits per heavy atom. The lowest BCUT2D eigenvalue weighted by Gasteiger charge is -2.23. The fourth-order valence-electron chi connectivity index (χ4n) is 2.13. The molecule has 0 heterocycles. The van der Waals surface area contributed by atoms with E-state index in [1.165, 1.54) is 7.11 Å². The second-order valence-corrected chi connectivity index (χ2v) is 5.80. The Morgan fingerprint density at radius 2 is 2.10 bits per heavy atom. The molecule has 0 radical (unpaired) electrons. The normalized spacial score (nSPS) is 12.7. The van der Waals surface area contributed by atoms with Crippen LogP contribution >= 0.6 is 0 Å². The number of ether oxygens (including phenoxy) is 1. The number of halogens is 1. The lowest BCUT2D eigenvalue weighted by molar-refractivity contribution is 0.0694. The van der Waals surface area contributed by atoms with Gasteiger partial charge in [0, 0.05) is 27.2 Å². The topological polar surface area (TPSA) is 44.7 Å². The van der Waals surface area contributed by atoms with E-state index in [1.807, 2.05) is 6.07 Å². The summed E-state index contributed by atoms with van der Waals surface area (Å²) in [4.78, 5) is 1.70. The molecule has 4 nitrogen and oxygen atoms in total. The van der Waals surface area contributed by atoms with Crippen molar-refractivity contribution in [2.75, 3.05) is 38.8 Å². The predicted molar refractivity (Wildman–Crippen MR) is 84.1 cm³/mol. The number of benzene rings is 1. The van der Waals surface area contributed by atoms with Crippen molar-refractivity contribution in [2.45, 2.75) is 26.5 Å². The Labute approximate surface area is 126 Å². The second-order valence-electron chi connectivity index (χ2n) is 5.80. The number of aliphatic hydroxyl groups excluding tert-OH is 1. The molecule has 5 heteroatoms. The largest absolute Gasteiger partial charge is 0.389 e. The third-order valence-electron chi connectivity index (χ3n) is 3.15. The van der Waals surface area contributed by atoms with Gasteiger partial charge in [-0.15, -0.1) is 0 Å². The van der Waals surface area contributed by atoms with E-state index < -0.39 is 6.10 Å². The van der Waals surface area contributed by atoms with Gasteiger partial charge in [0.2, 0.25) is 0 Å². The number of hydrogen-bond acceptors (Lipinski definition) is 4. The molecule has 0 amide bonds. The molecule has 21 heavy (non-hydrogen) atoms. The first kappa shape index (κ1) is 17.9. The number of likely N-dealkylation sites (N-methyl/N-ethyl adjacent to an activating group) is 1. The fraction of sp³-hybridized carbons (Fsp3) is 0.625. The Kier molecular flexibility index (Phi) is 7.64. The molecule has 1 aromatic carbocycles. The summed E-state index contributed by atoms with van der Waals surface area (Å²) in [5.41, 5.74) is 1.40. The molecule has 0 aliphatic heterocycles. The molecule has 0 saturated heterocycles. The number of hydrogen-bond donors (Lipinski definition) is 2. The third-order valence-corrected chi connectivity index (χ3v) is 3.15. The van der Waals surface area contributed by atoms with Crippen molar-refractivity contribution < 1.29 is 14.2 Å². The Hall–Kier alpha value is -1.17. The number of methoxy groups -OCH3 is 1. The summed E-state index contributed by atoms with van der Waals surface area (Å²) in [5.74, 6) is 0.300. The van der Waals surface area contributed by atoms with Gasteiger partial charge in [0.1, 0.15) is 5.82 Å². The summed E-state index contributed by atoms with van der Waals surface area (Å²) in [6, 6.07) is 5.20. The molecule has 1 aromatic rings. The first-order valence-electron chi connectivity index (χ1n) is 7.31. The highest BCUT2D eigenvalue weighted by molar-refractivity contribution is 5.48. The van der Waals surface area contributed by atoms with E-state index in [0.717, 1.165) is 12.1 Å². The summed E-state index contributed by atoms with van der Waals surface area (Å²) in [6.45, 7) is 6.41. The zero-order valence-corrected chi connectivity index (χ0v) is 13.4. The molecule has 0 saturated carbocycles. The van der Waals surface area contributed by atoms with Gasteiger partial charge in [-0.2, -0.15) is 0 Å². The molecule has 0 bridgehead atoms. The second kappa shape index (κ2) is 8.97. The maximum Gasteiger partial charge on any atom is 0.146 e. The van der Waals surface area contributed by atoms with Crippen LogP contribution in [-0.2, 0) is 11.3 Å². The molecule has 0 aliphatic carbocycles. The van der Waals surface area contributed by atoms with Crippen molar-refractivity contribution in [1.29, 1.82) is 0 Å². The summed E-state index contributed by atoms with van der Waals surface area (Å²) in [6.07, 6.45) is -0.633. The molecule has 0 aromatic heterocycles. The van der Waals surface area contributed by atoms with Crippen molar-refractivity contribution in [3.8, 4) is 0 Å². The van der Waals surface area contributed by atoms with Crippen LogP contribution in [0.1, 0.15) is 19.4 Å². The Bertz CT molecular complexity index is 427. The minimum absolute atomic E-state index is 0.239. The molecule has 0 fully saturated rings. The van der Waals surface area contributed by atoms with Gasteiger partial charge in [-0.3, -0.25) is 0 Å². The minimum Gasteiger partial charge on any atom is -0.389 e. The van der Waals surface area contributed by atoms with Gasteiger partial charge in [-0.1, -0.05) is 19.9 Å². The minimum atomic E-state index is -0.633. The van der Waals surface area contributed by atoms with Gasteiger partial charge >= 0.3 is 0 Å². The number of aliphatic hydroxyl groups is 1. The lowest BCUT2D eigenvalue weighted by atomic mass is 10.1. The quantitative estimate of drug-likeness (QED) is 0.732. The SMILES string of the molecule is COCC(O)CN(C)c1ccc(CNCC(C)C)cc1F. The van der Waals surface area contributed by atoms with Crippen molar-refractivity contribution in [2.24, 2.45) is 5.92 Å². The summed E-state index contributed by atoms with van der Waals surface area (Å²) >= 11 is 0. The zero-order valence-electron chi connectivity index (χ0n) is 13.4. The first-order valence-corrected chi connectivity index (χ1v) is 7.31. The molecule has 120 valence electrons. The van der Waals surface area contributed by atoms with Gasteiger partial charge in [0.15, 0.2) is 0 Å².